The highest BCUT2D eigenvalue weighted by atomic mass is 35.5. The van der Waals surface area contributed by atoms with Crippen LogP contribution in [0.15, 0.2) is 29.2 Å². The molecule has 0 unspecified atom stereocenters. The molecule has 5 nitrogen and oxygen atoms in total. The molecule has 2 aliphatic rings. The van der Waals surface area contributed by atoms with Crippen molar-refractivity contribution in [3.8, 4) is 5.75 Å². The van der Waals surface area contributed by atoms with Crippen LogP contribution in [0.25, 0.3) is 6.08 Å². The zero-order chi connectivity index (χ0) is 13.3. The van der Waals surface area contributed by atoms with Crippen molar-refractivity contribution < 1.29 is 13.2 Å². The van der Waals surface area contributed by atoms with Crippen molar-refractivity contribution in [2.75, 3.05) is 32.8 Å². The Labute approximate surface area is 125 Å². The molecule has 0 radical (unpaired) electrons. The Morgan fingerprint density at radius 3 is 2.60 bits per heavy atom. The van der Waals surface area contributed by atoms with Crippen LogP contribution in [0.4, 0.5) is 0 Å². The van der Waals surface area contributed by atoms with Gasteiger partial charge in [-0.05, 0) is 12.1 Å². The van der Waals surface area contributed by atoms with Gasteiger partial charge in [0, 0.05) is 31.7 Å². The zero-order valence-corrected chi connectivity index (χ0v) is 12.5. The summed E-state index contributed by atoms with van der Waals surface area (Å²) < 4.78 is 32.0. The van der Waals surface area contributed by atoms with Gasteiger partial charge in [0.15, 0.2) is 0 Å². The first kappa shape index (κ1) is 15.3. The minimum Gasteiger partial charge on any atom is -0.487 e. The number of hydrogen-bond donors (Lipinski definition) is 1. The van der Waals surface area contributed by atoms with Crippen LogP contribution < -0.4 is 10.1 Å². The minimum atomic E-state index is -3.40. The SMILES string of the molecule is Cl.O=S(=O)(C1=Cc2ccccc2OC1)N1CCNCC1. The average Bonchev–Trinajstić information content (AvgIpc) is 2.47. The molecule has 110 valence electrons. The summed E-state index contributed by atoms with van der Waals surface area (Å²) in [6.45, 7) is 2.54. The molecule has 1 aromatic rings. The maximum absolute atomic E-state index is 12.5. The van der Waals surface area contributed by atoms with Crippen LogP contribution in [-0.2, 0) is 10.0 Å². The lowest BCUT2D eigenvalue weighted by molar-refractivity contribution is 0.339. The number of halogens is 1. The Bertz CT molecular complexity index is 610. The molecule has 1 aromatic carbocycles. The van der Waals surface area contributed by atoms with E-state index in [1.165, 1.54) is 4.31 Å². The molecule has 3 rings (SSSR count). The Morgan fingerprint density at radius 1 is 1.15 bits per heavy atom. The molecule has 0 aliphatic carbocycles. The highest BCUT2D eigenvalue weighted by molar-refractivity contribution is 7.93. The fourth-order valence-corrected chi connectivity index (χ4v) is 3.77. The summed E-state index contributed by atoms with van der Waals surface area (Å²) in [5.74, 6) is 0.738. The van der Waals surface area contributed by atoms with Gasteiger partial charge in [-0.25, -0.2) is 8.42 Å². The third-order valence-electron chi connectivity index (χ3n) is 3.35. The van der Waals surface area contributed by atoms with Crippen LogP contribution in [-0.4, -0.2) is 45.5 Å². The van der Waals surface area contributed by atoms with Gasteiger partial charge in [-0.1, -0.05) is 18.2 Å². The van der Waals surface area contributed by atoms with Crippen LogP contribution in [0.1, 0.15) is 5.56 Å². The highest BCUT2D eigenvalue weighted by Gasteiger charge is 2.30. The molecule has 0 bridgehead atoms. The molecule has 2 heterocycles. The summed E-state index contributed by atoms with van der Waals surface area (Å²) in [6, 6.07) is 7.46. The number of ether oxygens (including phenoxy) is 1. The van der Waals surface area contributed by atoms with E-state index in [-0.39, 0.29) is 19.0 Å². The predicted molar refractivity (Wildman–Crippen MR) is 80.5 cm³/mol. The summed E-state index contributed by atoms with van der Waals surface area (Å²) in [5.41, 5.74) is 0.822. The molecule has 20 heavy (non-hydrogen) atoms. The molecule has 0 amide bonds. The maximum Gasteiger partial charge on any atom is 0.242 e. The molecular formula is C13H17ClN2O3S. The minimum absolute atomic E-state index is 0. The number of hydrogen-bond acceptors (Lipinski definition) is 4. The van der Waals surface area contributed by atoms with E-state index < -0.39 is 10.0 Å². The zero-order valence-electron chi connectivity index (χ0n) is 10.9. The van der Waals surface area contributed by atoms with E-state index in [0.29, 0.717) is 31.1 Å². The maximum atomic E-state index is 12.5. The van der Waals surface area contributed by atoms with E-state index in [1.807, 2.05) is 24.3 Å². The standard InChI is InChI=1S/C13H16N2O3S.ClH/c16-19(17,15-7-5-14-6-8-15)12-9-11-3-1-2-4-13(11)18-10-12;/h1-4,9,14H,5-8,10H2;1H. The topological polar surface area (TPSA) is 58.6 Å². The van der Waals surface area contributed by atoms with Gasteiger partial charge in [-0.3, -0.25) is 0 Å². The van der Waals surface area contributed by atoms with Gasteiger partial charge in [0.05, 0.1) is 4.91 Å². The van der Waals surface area contributed by atoms with Crippen molar-refractivity contribution in [3.63, 3.8) is 0 Å². The van der Waals surface area contributed by atoms with E-state index in [1.54, 1.807) is 6.08 Å². The number of fused-ring (bicyclic) bond motifs is 1. The molecule has 1 fully saturated rings. The van der Waals surface area contributed by atoms with Crippen molar-refractivity contribution in [1.29, 1.82) is 0 Å². The van der Waals surface area contributed by atoms with E-state index in [2.05, 4.69) is 5.32 Å². The molecule has 2 aliphatic heterocycles. The monoisotopic (exact) mass is 316 g/mol. The first-order valence-corrected chi connectivity index (χ1v) is 7.75. The number of piperazine rings is 1. The summed E-state index contributed by atoms with van der Waals surface area (Å²) >= 11 is 0. The second-order valence-electron chi connectivity index (χ2n) is 4.59. The lowest BCUT2D eigenvalue weighted by Crippen LogP contribution is -2.47. The number of benzene rings is 1. The second kappa shape index (κ2) is 6.13. The van der Waals surface area contributed by atoms with E-state index in [9.17, 15) is 8.42 Å². The van der Waals surface area contributed by atoms with E-state index in [0.717, 1.165) is 11.3 Å². The van der Waals surface area contributed by atoms with Gasteiger partial charge in [0.1, 0.15) is 12.4 Å². The number of rotatable bonds is 2. The molecule has 0 atom stereocenters. The largest absolute Gasteiger partial charge is 0.487 e. The summed E-state index contributed by atoms with van der Waals surface area (Å²) in [5, 5.41) is 3.15. The van der Waals surface area contributed by atoms with Crippen LogP contribution in [0.2, 0.25) is 0 Å². The molecule has 0 spiro atoms. The smallest absolute Gasteiger partial charge is 0.242 e. The molecule has 1 saturated heterocycles. The van der Waals surface area contributed by atoms with Crippen LogP contribution >= 0.6 is 12.4 Å². The van der Waals surface area contributed by atoms with Crippen molar-refractivity contribution in [3.05, 3.63) is 34.7 Å². The second-order valence-corrected chi connectivity index (χ2v) is 6.58. The first-order valence-electron chi connectivity index (χ1n) is 6.31. The number of nitrogens with one attached hydrogen (secondary N) is 1. The van der Waals surface area contributed by atoms with Crippen molar-refractivity contribution in [2.45, 2.75) is 0 Å². The van der Waals surface area contributed by atoms with Crippen molar-refractivity contribution in [2.24, 2.45) is 0 Å². The number of nitrogens with zero attached hydrogens (tertiary/aromatic N) is 1. The van der Waals surface area contributed by atoms with Gasteiger partial charge in [-0.2, -0.15) is 4.31 Å². The van der Waals surface area contributed by atoms with Crippen LogP contribution in [0, 0.1) is 0 Å². The van der Waals surface area contributed by atoms with Gasteiger partial charge < -0.3 is 10.1 Å². The normalized spacial score (nSPS) is 19.3. The first-order chi connectivity index (χ1) is 9.18. The lowest BCUT2D eigenvalue weighted by atomic mass is 10.1. The van der Waals surface area contributed by atoms with Gasteiger partial charge in [0.2, 0.25) is 10.0 Å². The molecule has 0 saturated carbocycles. The fraction of sp³-hybridized carbons (Fsp3) is 0.385. The van der Waals surface area contributed by atoms with Crippen LogP contribution in [0.5, 0.6) is 5.75 Å². The quantitative estimate of drug-likeness (QED) is 0.887. The van der Waals surface area contributed by atoms with E-state index in [4.69, 9.17) is 4.74 Å². The Hall–Kier alpha value is -1.08. The number of sulfonamides is 1. The Morgan fingerprint density at radius 2 is 1.85 bits per heavy atom. The molecule has 1 N–H and O–H groups in total. The fourth-order valence-electron chi connectivity index (χ4n) is 2.29. The van der Waals surface area contributed by atoms with Gasteiger partial charge in [-0.15, -0.1) is 12.4 Å². The Balaban J connectivity index is 0.00000147. The van der Waals surface area contributed by atoms with Gasteiger partial charge >= 0.3 is 0 Å². The summed E-state index contributed by atoms with van der Waals surface area (Å²) in [4.78, 5) is 0.341. The third kappa shape index (κ3) is 2.83. The Kier molecular flexibility index (Phi) is 4.70. The highest BCUT2D eigenvalue weighted by Crippen LogP contribution is 2.29. The third-order valence-corrected chi connectivity index (χ3v) is 5.30. The summed E-state index contributed by atoms with van der Waals surface area (Å²) in [7, 11) is -3.40. The molecule has 0 aromatic heterocycles. The lowest BCUT2D eigenvalue weighted by Gasteiger charge is -2.28. The van der Waals surface area contributed by atoms with Gasteiger partial charge in [0.25, 0.3) is 0 Å². The van der Waals surface area contributed by atoms with Crippen molar-refractivity contribution >= 4 is 28.5 Å². The predicted octanol–water partition coefficient (Wildman–Crippen LogP) is 1.08. The number of para-hydroxylation sites is 1. The average molecular weight is 317 g/mol. The molecule has 7 heteroatoms. The van der Waals surface area contributed by atoms with E-state index >= 15 is 0 Å². The van der Waals surface area contributed by atoms with Crippen molar-refractivity contribution in [1.82, 2.24) is 9.62 Å². The van der Waals surface area contributed by atoms with Crippen LogP contribution in [0.3, 0.4) is 0 Å². The summed E-state index contributed by atoms with van der Waals surface area (Å²) in [6.07, 6.45) is 1.72. The molecular weight excluding hydrogens is 300 g/mol.